The molecule has 0 radical (unpaired) electrons. The number of thiophene rings is 2. The minimum Gasteiger partial charge on any atom is -0.458 e. The normalized spacial score (nSPS) is 25.5. The predicted molar refractivity (Wildman–Crippen MR) is 162 cm³/mol. The molecule has 218 valence electrons. The Bertz CT molecular complexity index is 1330. The maximum atomic E-state index is 14.7. The van der Waals surface area contributed by atoms with Crippen molar-refractivity contribution in [3.8, 4) is 0 Å². The molecule has 1 N–H and O–H groups in total. The lowest BCUT2D eigenvalue weighted by Crippen LogP contribution is -2.55. The number of carbonyl (C=O) groups is 3. The van der Waals surface area contributed by atoms with E-state index in [1.807, 2.05) is 47.4 Å². The van der Waals surface area contributed by atoms with Crippen LogP contribution in [-0.4, -0.2) is 59.6 Å². The summed E-state index contributed by atoms with van der Waals surface area (Å²) in [5, 5.41) is 7.41. The maximum Gasteiger partial charge on any atom is 0.246 e. The highest BCUT2D eigenvalue weighted by atomic mass is 32.1. The molecule has 5 heterocycles. The molecule has 6 rings (SSSR count). The first-order valence-electron chi connectivity index (χ1n) is 14.9. The molecule has 2 amide bonds. The molecule has 41 heavy (non-hydrogen) atoms. The molecule has 0 aromatic carbocycles. The molecule has 7 nitrogen and oxygen atoms in total. The van der Waals surface area contributed by atoms with Gasteiger partial charge in [-0.25, -0.2) is 0 Å². The highest BCUT2D eigenvalue weighted by molar-refractivity contribution is 7.10. The Kier molecular flexibility index (Phi) is 8.21. The van der Waals surface area contributed by atoms with Gasteiger partial charge < -0.3 is 19.5 Å². The van der Waals surface area contributed by atoms with Gasteiger partial charge in [-0.3, -0.25) is 14.4 Å². The van der Waals surface area contributed by atoms with Crippen LogP contribution >= 0.6 is 22.7 Å². The van der Waals surface area contributed by atoms with Crippen molar-refractivity contribution >= 4 is 40.3 Å². The summed E-state index contributed by atoms with van der Waals surface area (Å²) in [5.74, 6) is -0.414. The number of aryl methyl sites for hydroxylation is 3. The van der Waals surface area contributed by atoms with Gasteiger partial charge in [0.15, 0.2) is 5.76 Å². The summed E-state index contributed by atoms with van der Waals surface area (Å²) in [7, 11) is 0. The number of likely N-dealkylation sites (tertiary alicyclic amines) is 1. The molecule has 4 unspecified atom stereocenters. The van der Waals surface area contributed by atoms with E-state index in [0.717, 1.165) is 66.1 Å². The first-order chi connectivity index (χ1) is 19.9. The van der Waals surface area contributed by atoms with Gasteiger partial charge >= 0.3 is 0 Å². The van der Waals surface area contributed by atoms with Gasteiger partial charge in [-0.15, -0.1) is 22.7 Å². The number of hydrogen-bond acceptors (Lipinski definition) is 7. The van der Waals surface area contributed by atoms with Crippen LogP contribution in [0.3, 0.4) is 0 Å². The first-order valence-corrected chi connectivity index (χ1v) is 16.6. The summed E-state index contributed by atoms with van der Waals surface area (Å²) in [4.78, 5) is 49.9. The monoisotopic (exact) mass is 593 g/mol. The van der Waals surface area contributed by atoms with E-state index < -0.39 is 23.9 Å². The van der Waals surface area contributed by atoms with E-state index in [1.54, 1.807) is 28.7 Å². The van der Waals surface area contributed by atoms with Crippen LogP contribution in [0.25, 0.3) is 0 Å². The van der Waals surface area contributed by atoms with E-state index in [4.69, 9.17) is 4.42 Å². The fourth-order valence-electron chi connectivity index (χ4n) is 7.14. The average molecular weight is 594 g/mol. The van der Waals surface area contributed by atoms with E-state index in [1.165, 1.54) is 0 Å². The summed E-state index contributed by atoms with van der Waals surface area (Å²) >= 11 is 3.17. The van der Waals surface area contributed by atoms with E-state index in [2.05, 4.69) is 17.4 Å². The minimum atomic E-state index is -0.753. The number of carbonyl (C=O) groups excluding carboxylic acids is 3. The van der Waals surface area contributed by atoms with Crippen LogP contribution in [-0.2, 0) is 9.59 Å². The van der Waals surface area contributed by atoms with E-state index >= 15 is 0 Å². The molecular formula is C32H39N3O4S2. The van der Waals surface area contributed by atoms with Crippen molar-refractivity contribution in [2.24, 2.45) is 11.8 Å². The molecule has 9 heteroatoms. The maximum absolute atomic E-state index is 14.7. The van der Waals surface area contributed by atoms with Crippen LogP contribution < -0.4 is 5.32 Å². The Morgan fingerprint density at radius 2 is 1.51 bits per heavy atom. The second-order valence-electron chi connectivity index (χ2n) is 11.8. The van der Waals surface area contributed by atoms with E-state index in [-0.39, 0.29) is 23.5 Å². The Balaban J connectivity index is 1.57. The predicted octanol–water partition coefficient (Wildman–Crippen LogP) is 5.87. The molecule has 1 saturated carbocycles. The third-order valence-electron chi connectivity index (χ3n) is 9.22. The number of piperazine rings is 1. The molecular weight excluding hydrogens is 555 g/mol. The highest BCUT2D eigenvalue weighted by Gasteiger charge is 2.60. The lowest BCUT2D eigenvalue weighted by atomic mass is 9.80. The second-order valence-corrected chi connectivity index (χ2v) is 13.7. The number of amides is 2. The van der Waals surface area contributed by atoms with Crippen molar-refractivity contribution in [3.63, 3.8) is 0 Å². The van der Waals surface area contributed by atoms with Gasteiger partial charge in [0, 0.05) is 47.8 Å². The van der Waals surface area contributed by atoms with Crippen LogP contribution in [0.1, 0.15) is 81.3 Å². The SMILES string of the molecule is Cc1ccc(C(=O)C2C(c3sccc3C)C(C(=O)N3CCNCC3)N(C(=O)C3CCCCC3)C2c2sccc2C)o1. The zero-order valence-corrected chi connectivity index (χ0v) is 25.7. The molecule has 1 aliphatic carbocycles. The van der Waals surface area contributed by atoms with Crippen molar-refractivity contribution in [2.45, 2.75) is 70.9 Å². The Morgan fingerprint density at radius 3 is 2.10 bits per heavy atom. The first kappa shape index (κ1) is 28.4. The molecule has 3 aromatic heterocycles. The molecule has 4 atom stereocenters. The number of Topliss-reactive ketones (excluding diaryl/α,β-unsaturated/α-hetero) is 1. The number of nitrogens with one attached hydrogen (secondary N) is 1. The number of ketones is 1. The lowest BCUT2D eigenvalue weighted by molar-refractivity contribution is -0.149. The number of hydrogen-bond donors (Lipinski definition) is 1. The third kappa shape index (κ3) is 5.21. The smallest absolute Gasteiger partial charge is 0.246 e. The second kappa shape index (κ2) is 11.9. The lowest BCUT2D eigenvalue weighted by Gasteiger charge is -2.38. The molecule has 2 aliphatic heterocycles. The van der Waals surface area contributed by atoms with Gasteiger partial charge in [-0.05, 0) is 79.8 Å². The molecule has 3 aliphatic rings. The molecule has 0 spiro atoms. The summed E-state index contributed by atoms with van der Waals surface area (Å²) in [6.45, 7) is 8.56. The topological polar surface area (TPSA) is 82.9 Å². The highest BCUT2D eigenvalue weighted by Crippen LogP contribution is 2.55. The van der Waals surface area contributed by atoms with Crippen LogP contribution in [0.4, 0.5) is 0 Å². The van der Waals surface area contributed by atoms with Crippen molar-refractivity contribution in [3.05, 3.63) is 67.4 Å². The van der Waals surface area contributed by atoms with Crippen LogP contribution in [0.2, 0.25) is 0 Å². The molecule has 2 saturated heterocycles. The minimum absolute atomic E-state index is 0.0288. The van der Waals surface area contributed by atoms with Crippen LogP contribution in [0, 0.1) is 32.6 Å². The summed E-state index contributed by atoms with van der Waals surface area (Å²) in [5.41, 5.74) is 2.10. The largest absolute Gasteiger partial charge is 0.458 e. The van der Waals surface area contributed by atoms with Crippen molar-refractivity contribution < 1.29 is 18.8 Å². The Labute approximate surface area is 249 Å². The zero-order chi connectivity index (χ0) is 28.7. The van der Waals surface area contributed by atoms with Gasteiger partial charge in [-0.2, -0.15) is 0 Å². The zero-order valence-electron chi connectivity index (χ0n) is 24.1. The number of rotatable bonds is 6. The quantitative estimate of drug-likeness (QED) is 0.361. The Morgan fingerprint density at radius 1 is 0.854 bits per heavy atom. The third-order valence-corrected chi connectivity index (χ3v) is 11.4. The van der Waals surface area contributed by atoms with E-state index in [9.17, 15) is 14.4 Å². The standard InChI is InChI=1S/C32H39N3O4S2/c1-19-11-17-40-29(19)25-24(28(36)23-10-9-21(3)39-23)26(30-20(2)12-18-41-30)35(31(37)22-7-5-4-6-8-22)27(25)32(38)34-15-13-33-14-16-34/h9-12,17-18,22,24-27,33H,4-8,13-16H2,1-3H3. The fraction of sp³-hybridized carbons (Fsp3) is 0.531. The Hall–Kier alpha value is -2.75. The number of furan rings is 1. The molecule has 3 aromatic rings. The van der Waals surface area contributed by atoms with Crippen LogP contribution in [0.5, 0.6) is 0 Å². The van der Waals surface area contributed by atoms with Gasteiger partial charge in [0.1, 0.15) is 11.8 Å². The van der Waals surface area contributed by atoms with Crippen molar-refractivity contribution in [2.75, 3.05) is 26.2 Å². The summed E-state index contributed by atoms with van der Waals surface area (Å²) in [6, 6.07) is 6.38. The van der Waals surface area contributed by atoms with Gasteiger partial charge in [0.2, 0.25) is 17.6 Å². The fourth-order valence-corrected chi connectivity index (χ4v) is 9.32. The summed E-state index contributed by atoms with van der Waals surface area (Å²) < 4.78 is 5.92. The van der Waals surface area contributed by atoms with Gasteiger partial charge in [0.05, 0.1) is 12.0 Å². The van der Waals surface area contributed by atoms with Crippen molar-refractivity contribution in [1.82, 2.24) is 15.1 Å². The van der Waals surface area contributed by atoms with E-state index in [0.29, 0.717) is 24.6 Å². The molecule has 0 bridgehead atoms. The van der Waals surface area contributed by atoms with Crippen molar-refractivity contribution in [1.29, 1.82) is 0 Å². The average Bonchev–Trinajstić information content (AvgIpc) is 3.79. The van der Waals surface area contributed by atoms with Gasteiger partial charge in [-0.1, -0.05) is 19.3 Å². The van der Waals surface area contributed by atoms with Crippen LogP contribution in [0.15, 0.2) is 39.4 Å². The summed E-state index contributed by atoms with van der Waals surface area (Å²) in [6.07, 6.45) is 4.84. The van der Waals surface area contributed by atoms with Gasteiger partial charge in [0.25, 0.3) is 0 Å². The number of nitrogens with zero attached hydrogens (tertiary/aromatic N) is 2. The molecule has 3 fully saturated rings.